The Morgan fingerprint density at radius 2 is 1.59 bits per heavy atom. The van der Waals surface area contributed by atoms with Crippen LogP contribution in [0.25, 0.3) is 0 Å². The van der Waals surface area contributed by atoms with Crippen LogP contribution in [-0.2, 0) is 14.6 Å². The maximum absolute atomic E-state index is 12.2. The van der Waals surface area contributed by atoms with Crippen LogP contribution in [0.4, 0.5) is 21.9 Å². The molecule has 156 valence electrons. The van der Waals surface area contributed by atoms with Gasteiger partial charge in [-0.2, -0.15) is 0 Å². The number of aryl methyl sites for hydroxylation is 1. The summed E-state index contributed by atoms with van der Waals surface area (Å²) in [6.07, 6.45) is 2.29. The number of amides is 3. The highest BCUT2D eigenvalue weighted by atomic mass is 32.2. The molecule has 2 aromatic rings. The number of benzene rings is 2. The van der Waals surface area contributed by atoms with Gasteiger partial charge in [0.15, 0.2) is 9.84 Å². The summed E-state index contributed by atoms with van der Waals surface area (Å²) in [7, 11) is -3.44. The molecular formula is C21H27N3O4S. The lowest BCUT2D eigenvalue weighted by Gasteiger charge is -2.12. The van der Waals surface area contributed by atoms with E-state index >= 15 is 0 Å². The molecule has 0 saturated heterocycles. The molecule has 0 heterocycles. The van der Waals surface area contributed by atoms with E-state index in [1.165, 1.54) is 0 Å². The quantitative estimate of drug-likeness (QED) is 0.532. The van der Waals surface area contributed by atoms with Crippen molar-refractivity contribution in [3.63, 3.8) is 0 Å². The molecule has 7 nitrogen and oxygen atoms in total. The summed E-state index contributed by atoms with van der Waals surface area (Å²) in [4.78, 5) is 24.3. The second kappa shape index (κ2) is 10.6. The van der Waals surface area contributed by atoms with Crippen molar-refractivity contribution < 1.29 is 18.0 Å². The maximum Gasteiger partial charge on any atom is 0.323 e. The molecule has 0 unspecified atom stereocenters. The minimum absolute atomic E-state index is 0.00843. The number of nitrogens with one attached hydrogen (secondary N) is 3. The third-order valence-corrected chi connectivity index (χ3v) is 5.82. The third kappa shape index (κ3) is 7.95. The summed E-state index contributed by atoms with van der Waals surface area (Å²) < 4.78 is 24.1. The Balaban J connectivity index is 1.97. The topological polar surface area (TPSA) is 104 Å². The number of hydrogen-bond donors (Lipinski definition) is 3. The normalized spacial score (nSPS) is 11.0. The summed E-state index contributed by atoms with van der Waals surface area (Å²) >= 11 is 0. The first-order valence-corrected chi connectivity index (χ1v) is 11.3. The number of unbranched alkanes of at least 4 members (excludes halogenated alkanes) is 2. The van der Waals surface area contributed by atoms with Crippen molar-refractivity contribution in [2.24, 2.45) is 0 Å². The fraction of sp³-hybridized carbons (Fsp3) is 0.333. The van der Waals surface area contributed by atoms with Gasteiger partial charge < -0.3 is 16.0 Å². The van der Waals surface area contributed by atoms with Gasteiger partial charge in [0.2, 0.25) is 5.91 Å². The molecule has 0 aliphatic heterocycles. The van der Waals surface area contributed by atoms with Gasteiger partial charge in [-0.3, -0.25) is 4.79 Å². The SMILES string of the molecule is CCCCCS(=O)(=O)CC(=O)Nc1cc(NC(=O)Nc2ccccc2)ccc1C. The number of hydrogen-bond acceptors (Lipinski definition) is 4. The van der Waals surface area contributed by atoms with Gasteiger partial charge in [0.25, 0.3) is 0 Å². The number of carbonyl (C=O) groups excluding carboxylic acids is 2. The Morgan fingerprint density at radius 1 is 0.897 bits per heavy atom. The van der Waals surface area contributed by atoms with Crippen LogP contribution in [0.2, 0.25) is 0 Å². The summed E-state index contributed by atoms with van der Waals surface area (Å²) in [5.74, 6) is -1.13. The Kier molecular flexibility index (Phi) is 8.21. The van der Waals surface area contributed by atoms with Crippen LogP contribution >= 0.6 is 0 Å². The average Bonchev–Trinajstić information content (AvgIpc) is 2.65. The molecule has 0 radical (unpaired) electrons. The van der Waals surface area contributed by atoms with Crippen LogP contribution in [0.3, 0.4) is 0 Å². The lowest BCUT2D eigenvalue weighted by Crippen LogP contribution is -2.25. The lowest BCUT2D eigenvalue weighted by atomic mass is 10.2. The van der Waals surface area contributed by atoms with Gasteiger partial charge in [-0.05, 0) is 43.2 Å². The van der Waals surface area contributed by atoms with Crippen molar-refractivity contribution in [1.29, 1.82) is 0 Å². The first-order chi connectivity index (χ1) is 13.8. The highest BCUT2D eigenvalue weighted by molar-refractivity contribution is 7.92. The number of carbonyl (C=O) groups is 2. The molecule has 0 bridgehead atoms. The van der Waals surface area contributed by atoms with Crippen LogP contribution in [0.5, 0.6) is 0 Å². The molecule has 0 atom stereocenters. The predicted molar refractivity (Wildman–Crippen MR) is 117 cm³/mol. The highest BCUT2D eigenvalue weighted by Gasteiger charge is 2.17. The van der Waals surface area contributed by atoms with E-state index < -0.39 is 27.5 Å². The molecule has 0 spiro atoms. The predicted octanol–water partition coefficient (Wildman–Crippen LogP) is 4.18. The van der Waals surface area contributed by atoms with E-state index in [-0.39, 0.29) is 5.75 Å². The lowest BCUT2D eigenvalue weighted by molar-refractivity contribution is -0.113. The third-order valence-electron chi connectivity index (χ3n) is 4.21. The second-order valence-electron chi connectivity index (χ2n) is 6.82. The van der Waals surface area contributed by atoms with Gasteiger partial charge >= 0.3 is 6.03 Å². The summed E-state index contributed by atoms with van der Waals surface area (Å²) in [6, 6.07) is 13.6. The minimum atomic E-state index is -3.44. The first-order valence-electron chi connectivity index (χ1n) is 9.53. The molecule has 0 fully saturated rings. The van der Waals surface area contributed by atoms with E-state index in [0.29, 0.717) is 23.5 Å². The van der Waals surface area contributed by atoms with Crippen molar-refractivity contribution in [1.82, 2.24) is 0 Å². The number of rotatable bonds is 9. The van der Waals surface area contributed by atoms with Gasteiger partial charge in [0.05, 0.1) is 5.75 Å². The van der Waals surface area contributed by atoms with Crippen molar-refractivity contribution in [2.75, 3.05) is 27.5 Å². The molecule has 0 aromatic heterocycles. The fourth-order valence-electron chi connectivity index (χ4n) is 2.68. The van der Waals surface area contributed by atoms with Crippen LogP contribution in [0.1, 0.15) is 31.7 Å². The van der Waals surface area contributed by atoms with Gasteiger partial charge in [0, 0.05) is 17.1 Å². The van der Waals surface area contributed by atoms with Gasteiger partial charge in [-0.1, -0.05) is 44.0 Å². The summed E-state index contributed by atoms with van der Waals surface area (Å²) in [6.45, 7) is 3.78. The average molecular weight is 418 g/mol. The smallest absolute Gasteiger partial charge is 0.323 e. The molecule has 0 saturated carbocycles. The number of anilines is 3. The van der Waals surface area contributed by atoms with Gasteiger partial charge in [-0.15, -0.1) is 0 Å². The van der Waals surface area contributed by atoms with Crippen LogP contribution in [0, 0.1) is 6.92 Å². The van der Waals surface area contributed by atoms with E-state index in [9.17, 15) is 18.0 Å². The van der Waals surface area contributed by atoms with Gasteiger partial charge in [-0.25, -0.2) is 13.2 Å². The molecule has 3 amide bonds. The zero-order valence-corrected chi connectivity index (χ0v) is 17.5. The van der Waals surface area contributed by atoms with E-state index in [0.717, 1.165) is 18.4 Å². The first kappa shape index (κ1) is 22.4. The van der Waals surface area contributed by atoms with E-state index in [1.807, 2.05) is 25.1 Å². The van der Waals surface area contributed by atoms with Crippen LogP contribution < -0.4 is 16.0 Å². The molecule has 2 rings (SSSR count). The minimum Gasteiger partial charge on any atom is -0.325 e. The maximum atomic E-state index is 12.2. The Morgan fingerprint density at radius 3 is 2.28 bits per heavy atom. The van der Waals surface area contributed by atoms with Crippen molar-refractivity contribution in [2.45, 2.75) is 33.1 Å². The van der Waals surface area contributed by atoms with E-state index in [2.05, 4.69) is 16.0 Å². The summed E-state index contributed by atoms with van der Waals surface area (Å²) in [5, 5.41) is 8.03. The van der Waals surface area contributed by atoms with Crippen molar-refractivity contribution >= 4 is 38.8 Å². The zero-order valence-electron chi connectivity index (χ0n) is 16.7. The summed E-state index contributed by atoms with van der Waals surface area (Å²) in [5.41, 5.74) is 2.34. The standard InChI is InChI=1S/C21H27N3O4S/c1-3-4-8-13-29(27,28)15-20(25)24-19-14-18(12-11-16(19)2)23-21(26)22-17-9-6-5-7-10-17/h5-7,9-12,14H,3-4,8,13,15H2,1-2H3,(H,24,25)(H2,22,23,26). The Bertz CT molecular complexity index is 944. The van der Waals surface area contributed by atoms with Crippen LogP contribution in [-0.4, -0.2) is 31.9 Å². The largest absolute Gasteiger partial charge is 0.325 e. The van der Waals surface area contributed by atoms with Crippen molar-refractivity contribution in [3.05, 3.63) is 54.1 Å². The zero-order chi connectivity index (χ0) is 21.3. The molecule has 8 heteroatoms. The highest BCUT2D eigenvalue weighted by Crippen LogP contribution is 2.21. The number of sulfone groups is 1. The molecular weight excluding hydrogens is 390 g/mol. The van der Waals surface area contributed by atoms with E-state index in [4.69, 9.17) is 0 Å². The molecule has 3 N–H and O–H groups in total. The fourth-order valence-corrected chi connectivity index (χ4v) is 3.94. The van der Waals surface area contributed by atoms with Crippen molar-refractivity contribution in [3.8, 4) is 0 Å². The van der Waals surface area contributed by atoms with E-state index in [1.54, 1.807) is 37.3 Å². The monoisotopic (exact) mass is 417 g/mol. The Hall–Kier alpha value is -2.87. The molecule has 0 aliphatic rings. The van der Waals surface area contributed by atoms with Gasteiger partial charge in [0.1, 0.15) is 5.75 Å². The molecule has 0 aliphatic carbocycles. The molecule has 2 aromatic carbocycles. The second-order valence-corrected chi connectivity index (χ2v) is 9.01. The number of urea groups is 1. The van der Waals surface area contributed by atoms with Crippen LogP contribution in [0.15, 0.2) is 48.5 Å². The molecule has 29 heavy (non-hydrogen) atoms. The number of para-hydroxylation sites is 1. The Labute approximate surface area is 171 Å².